The maximum Gasteiger partial charge on any atom is 0.335 e. The summed E-state index contributed by atoms with van der Waals surface area (Å²) in [5, 5.41) is 9.00. The van der Waals surface area contributed by atoms with Crippen molar-refractivity contribution in [3.63, 3.8) is 0 Å². The van der Waals surface area contributed by atoms with Crippen LogP contribution in [0.25, 0.3) is 0 Å². The predicted molar refractivity (Wildman–Crippen MR) is 78.5 cm³/mol. The molecule has 1 heterocycles. The highest BCUT2D eigenvalue weighted by Gasteiger charge is 2.15. The molecule has 0 bridgehead atoms. The third kappa shape index (κ3) is 3.22. The van der Waals surface area contributed by atoms with Crippen LogP contribution in [0.3, 0.4) is 0 Å². The van der Waals surface area contributed by atoms with E-state index in [-0.39, 0.29) is 0 Å². The van der Waals surface area contributed by atoms with Gasteiger partial charge < -0.3 is 15.6 Å². The molecule has 0 saturated carbocycles. The Balaban J connectivity index is 0.000000151. The summed E-state index contributed by atoms with van der Waals surface area (Å²) in [6.07, 6.45) is 0.877. The lowest BCUT2D eigenvalue weighted by molar-refractivity contribution is 0.0697. The fraction of sp³-hybridized carbons (Fsp3) is 0.133. The van der Waals surface area contributed by atoms with E-state index in [1.54, 1.807) is 36.4 Å². The maximum atomic E-state index is 10.2. The zero-order valence-corrected chi connectivity index (χ0v) is 11.4. The molecule has 0 spiro atoms. The summed E-state index contributed by atoms with van der Waals surface area (Å²) in [5.41, 5.74) is 7.77. The van der Waals surface area contributed by atoms with Gasteiger partial charge in [-0.25, -0.2) is 4.79 Å². The monoisotopic (exact) mass is 291 g/mol. The number of hydrogen-bond donors (Lipinski definition) is 2. The molecule has 20 heavy (non-hydrogen) atoms. The molecule has 104 valence electrons. The van der Waals surface area contributed by atoms with Crippen molar-refractivity contribution in [1.82, 2.24) is 0 Å². The summed E-state index contributed by atoms with van der Waals surface area (Å²) < 4.78 is 5.30. The Kier molecular flexibility index (Phi) is 4.48. The number of benzene rings is 2. The topological polar surface area (TPSA) is 72.5 Å². The van der Waals surface area contributed by atoms with E-state index in [4.69, 9.17) is 27.2 Å². The van der Waals surface area contributed by atoms with Crippen molar-refractivity contribution in [3.8, 4) is 5.75 Å². The van der Waals surface area contributed by atoms with Gasteiger partial charge in [-0.2, -0.15) is 0 Å². The van der Waals surface area contributed by atoms with Gasteiger partial charge in [0.25, 0.3) is 0 Å². The summed E-state index contributed by atoms with van der Waals surface area (Å²) >= 11 is 5.81. The molecule has 3 N–H and O–H groups in total. The van der Waals surface area contributed by atoms with Crippen LogP contribution >= 0.6 is 11.6 Å². The number of halogens is 1. The fourth-order valence-corrected chi connectivity index (χ4v) is 2.03. The Hall–Kier alpha value is -2.20. The standard InChI is InChI=1S/C8H8ClNO.C7H6O2/c9-6-1-2-7-5(8(6)10)3-4-11-7;8-7(9)6-4-2-1-3-5-6/h1-2H,3-4,10H2;1-5H,(H,8,9). The second kappa shape index (κ2) is 6.30. The fourth-order valence-electron chi connectivity index (χ4n) is 1.85. The third-order valence-corrected chi connectivity index (χ3v) is 3.22. The number of carboxylic acid groups (broad SMARTS) is 1. The highest BCUT2D eigenvalue weighted by molar-refractivity contribution is 6.33. The molecule has 1 aliphatic heterocycles. The first-order chi connectivity index (χ1) is 9.59. The molecule has 0 radical (unpaired) electrons. The quantitative estimate of drug-likeness (QED) is 0.791. The highest BCUT2D eigenvalue weighted by atomic mass is 35.5. The van der Waals surface area contributed by atoms with Crippen LogP contribution in [-0.2, 0) is 6.42 Å². The number of fused-ring (bicyclic) bond motifs is 1. The van der Waals surface area contributed by atoms with Crippen LogP contribution in [0.4, 0.5) is 5.69 Å². The van der Waals surface area contributed by atoms with E-state index >= 15 is 0 Å². The highest BCUT2D eigenvalue weighted by Crippen LogP contribution is 2.34. The second-order valence-electron chi connectivity index (χ2n) is 4.21. The summed E-state index contributed by atoms with van der Waals surface area (Å²) in [6.45, 7) is 0.722. The predicted octanol–water partition coefficient (Wildman–Crippen LogP) is 3.24. The molecular weight excluding hydrogens is 278 g/mol. The SMILES string of the molecule is Nc1c(Cl)ccc2c1CCO2.O=C(O)c1ccccc1. The van der Waals surface area contributed by atoms with Gasteiger partial charge in [0.1, 0.15) is 5.75 Å². The number of carboxylic acids is 1. The Labute approximate surface area is 121 Å². The zero-order valence-electron chi connectivity index (χ0n) is 10.7. The lowest BCUT2D eigenvalue weighted by atomic mass is 10.1. The smallest absolute Gasteiger partial charge is 0.335 e. The number of carbonyl (C=O) groups is 1. The van der Waals surface area contributed by atoms with Crippen molar-refractivity contribution < 1.29 is 14.6 Å². The molecule has 1 aliphatic rings. The number of nitrogens with two attached hydrogens (primary N) is 1. The van der Waals surface area contributed by atoms with Gasteiger partial charge in [-0.05, 0) is 24.3 Å². The number of aromatic carboxylic acids is 1. The van der Waals surface area contributed by atoms with E-state index in [1.165, 1.54) is 0 Å². The third-order valence-electron chi connectivity index (χ3n) is 2.89. The average molecular weight is 292 g/mol. The number of hydrogen-bond acceptors (Lipinski definition) is 3. The van der Waals surface area contributed by atoms with E-state index < -0.39 is 5.97 Å². The number of rotatable bonds is 1. The summed E-state index contributed by atoms with van der Waals surface area (Å²) in [4.78, 5) is 10.2. The first-order valence-corrected chi connectivity index (χ1v) is 6.45. The van der Waals surface area contributed by atoms with Gasteiger partial charge >= 0.3 is 5.97 Å². The van der Waals surface area contributed by atoms with Crippen LogP contribution < -0.4 is 10.5 Å². The second-order valence-corrected chi connectivity index (χ2v) is 4.61. The summed E-state index contributed by atoms with van der Waals surface area (Å²) in [5.74, 6) is 0.00231. The molecule has 3 rings (SSSR count). The number of ether oxygens (including phenoxy) is 1. The van der Waals surface area contributed by atoms with Crippen LogP contribution in [0.1, 0.15) is 15.9 Å². The van der Waals surface area contributed by atoms with Gasteiger partial charge in [-0.3, -0.25) is 0 Å². The first-order valence-electron chi connectivity index (χ1n) is 6.07. The van der Waals surface area contributed by atoms with Gasteiger partial charge in [0, 0.05) is 12.0 Å². The van der Waals surface area contributed by atoms with Crippen molar-refractivity contribution in [3.05, 3.63) is 58.6 Å². The number of nitrogen functional groups attached to an aromatic ring is 1. The normalized spacial score (nSPS) is 11.8. The average Bonchev–Trinajstić information content (AvgIpc) is 2.94. The van der Waals surface area contributed by atoms with Crippen LogP contribution in [0.5, 0.6) is 5.75 Å². The van der Waals surface area contributed by atoms with Crippen LogP contribution in [0.2, 0.25) is 5.02 Å². The lowest BCUT2D eigenvalue weighted by Crippen LogP contribution is -1.93. The van der Waals surface area contributed by atoms with Crippen LogP contribution in [0.15, 0.2) is 42.5 Å². The maximum absolute atomic E-state index is 10.2. The molecule has 0 unspecified atom stereocenters. The summed E-state index contributed by atoms with van der Waals surface area (Å²) in [7, 11) is 0. The number of anilines is 1. The Bertz CT molecular complexity index is 614. The van der Waals surface area contributed by atoms with Gasteiger partial charge in [-0.1, -0.05) is 29.8 Å². The molecule has 0 saturated heterocycles. The Morgan fingerprint density at radius 1 is 1.20 bits per heavy atom. The molecule has 0 fully saturated rings. The zero-order chi connectivity index (χ0) is 14.5. The van der Waals surface area contributed by atoms with Gasteiger partial charge in [0.05, 0.1) is 22.9 Å². The van der Waals surface area contributed by atoms with Gasteiger partial charge in [0.2, 0.25) is 0 Å². The van der Waals surface area contributed by atoms with Crippen molar-refractivity contribution in [1.29, 1.82) is 0 Å². The summed E-state index contributed by atoms with van der Waals surface area (Å²) in [6, 6.07) is 11.9. The van der Waals surface area contributed by atoms with E-state index in [0.717, 1.165) is 24.3 Å². The van der Waals surface area contributed by atoms with Gasteiger partial charge in [0.15, 0.2) is 0 Å². The van der Waals surface area contributed by atoms with E-state index in [0.29, 0.717) is 16.3 Å². The molecule has 0 aromatic heterocycles. The molecule has 0 amide bonds. The molecule has 0 atom stereocenters. The van der Waals surface area contributed by atoms with Crippen LogP contribution in [-0.4, -0.2) is 17.7 Å². The first kappa shape index (κ1) is 14.2. The molecule has 0 aliphatic carbocycles. The van der Waals surface area contributed by atoms with Crippen molar-refractivity contribution in [2.75, 3.05) is 12.3 Å². The van der Waals surface area contributed by atoms with E-state index in [9.17, 15) is 4.79 Å². The van der Waals surface area contributed by atoms with Crippen molar-refractivity contribution in [2.45, 2.75) is 6.42 Å². The lowest BCUT2D eigenvalue weighted by Gasteiger charge is -2.02. The van der Waals surface area contributed by atoms with E-state index in [1.807, 2.05) is 6.07 Å². The van der Waals surface area contributed by atoms with E-state index in [2.05, 4.69) is 0 Å². The minimum absolute atomic E-state index is 0.331. The Morgan fingerprint density at radius 3 is 2.50 bits per heavy atom. The molecule has 2 aromatic carbocycles. The minimum atomic E-state index is -0.879. The molecular formula is C15H14ClNO3. The Morgan fingerprint density at radius 2 is 1.90 bits per heavy atom. The molecule has 2 aromatic rings. The molecule has 4 nitrogen and oxygen atoms in total. The molecule has 5 heteroatoms. The van der Waals surface area contributed by atoms with Crippen molar-refractivity contribution in [2.24, 2.45) is 0 Å². The van der Waals surface area contributed by atoms with Gasteiger partial charge in [-0.15, -0.1) is 0 Å². The van der Waals surface area contributed by atoms with Crippen molar-refractivity contribution >= 4 is 23.3 Å². The van der Waals surface area contributed by atoms with Crippen LogP contribution in [0, 0.1) is 0 Å². The largest absolute Gasteiger partial charge is 0.493 e. The minimum Gasteiger partial charge on any atom is -0.493 e.